The largest absolute Gasteiger partial charge is 0.262 e. The van der Waals surface area contributed by atoms with E-state index in [-0.39, 0.29) is 36.9 Å². The van der Waals surface area contributed by atoms with Crippen LogP contribution >= 0.6 is 0 Å². The van der Waals surface area contributed by atoms with Crippen molar-refractivity contribution in [2.45, 2.75) is 52.9 Å². The van der Waals surface area contributed by atoms with Crippen LogP contribution in [-0.2, 0) is 25.5 Å². The first kappa shape index (κ1) is 18.2. The first-order valence-corrected chi connectivity index (χ1v) is 7.38. The molecule has 1 heterocycles. The maximum absolute atomic E-state index is 4.58. The molecule has 1 unspecified atom stereocenters. The second kappa shape index (κ2) is 6.50. The molecule has 0 amide bonds. The van der Waals surface area contributed by atoms with Crippen LogP contribution in [-0.4, -0.2) is 4.98 Å². The fourth-order valence-electron chi connectivity index (χ4n) is 2.36. The Morgan fingerprint density at radius 1 is 1.05 bits per heavy atom. The number of hydrogen-bond donors (Lipinski definition) is 0. The topological polar surface area (TPSA) is 12.9 Å². The molecular formula is C19H26IrN-. The SMILES string of the molecule is CC(C)(C)C1=CC(c2cc(C(C)(C)C)ccn2)[CH-]C=C1.[Ir]. The third-order valence-corrected chi connectivity index (χ3v) is 3.81. The molecule has 0 aliphatic heterocycles. The van der Waals surface area contributed by atoms with Gasteiger partial charge < -0.3 is 0 Å². The monoisotopic (exact) mass is 461 g/mol. The predicted octanol–water partition coefficient (Wildman–Crippen LogP) is 5.21. The molecule has 2 rings (SSSR count). The van der Waals surface area contributed by atoms with E-state index >= 15 is 0 Å². The van der Waals surface area contributed by atoms with Crippen LogP contribution in [0.3, 0.4) is 0 Å². The van der Waals surface area contributed by atoms with Crippen LogP contribution in [0, 0.1) is 11.8 Å². The summed E-state index contributed by atoms with van der Waals surface area (Å²) in [6.07, 6.45) is 10.9. The number of hydrogen-bond acceptors (Lipinski definition) is 1. The van der Waals surface area contributed by atoms with E-state index in [1.54, 1.807) is 0 Å². The van der Waals surface area contributed by atoms with Crippen molar-refractivity contribution in [1.82, 2.24) is 4.98 Å². The zero-order chi connectivity index (χ0) is 15.0. The Hall–Kier alpha value is -0.851. The summed E-state index contributed by atoms with van der Waals surface area (Å²) in [6.45, 7) is 13.5. The first-order valence-electron chi connectivity index (χ1n) is 7.38. The van der Waals surface area contributed by atoms with Gasteiger partial charge in [-0.3, -0.25) is 4.98 Å². The van der Waals surface area contributed by atoms with Gasteiger partial charge >= 0.3 is 0 Å². The summed E-state index contributed by atoms with van der Waals surface area (Å²) in [7, 11) is 0. The summed E-state index contributed by atoms with van der Waals surface area (Å²) in [5, 5.41) is 0. The molecule has 0 N–H and O–H groups in total. The Morgan fingerprint density at radius 2 is 1.71 bits per heavy atom. The molecule has 1 aromatic rings. The number of aromatic nitrogens is 1. The molecule has 2 heteroatoms. The summed E-state index contributed by atoms with van der Waals surface area (Å²) < 4.78 is 0. The van der Waals surface area contributed by atoms with Crippen LogP contribution in [0.5, 0.6) is 0 Å². The summed E-state index contributed by atoms with van der Waals surface area (Å²) in [4.78, 5) is 4.58. The van der Waals surface area contributed by atoms with E-state index in [4.69, 9.17) is 0 Å². The molecular weight excluding hydrogens is 434 g/mol. The van der Waals surface area contributed by atoms with Gasteiger partial charge in [-0.05, 0) is 34.4 Å². The van der Waals surface area contributed by atoms with Gasteiger partial charge in [-0.2, -0.15) is 0 Å². The maximum Gasteiger partial charge on any atom is 0.0344 e. The van der Waals surface area contributed by atoms with Crippen LogP contribution in [0.2, 0.25) is 0 Å². The molecule has 0 bridgehead atoms. The molecule has 1 aromatic heterocycles. The average molecular weight is 461 g/mol. The standard InChI is InChI=1S/C19H26N.Ir/c1-18(2,3)15-9-7-8-14(12-15)17-13-16(10-11-20-17)19(4,5)6;/h7-14H,1-6H3;/q-1;. The Bertz CT molecular complexity index is 541. The molecule has 1 nitrogen and oxygen atoms in total. The van der Waals surface area contributed by atoms with Gasteiger partial charge in [0.15, 0.2) is 0 Å². The van der Waals surface area contributed by atoms with E-state index in [0.717, 1.165) is 5.69 Å². The van der Waals surface area contributed by atoms with Gasteiger partial charge in [0, 0.05) is 32.0 Å². The van der Waals surface area contributed by atoms with Crippen molar-refractivity contribution in [2.24, 2.45) is 5.41 Å². The number of allylic oxidation sites excluding steroid dienone is 4. The van der Waals surface area contributed by atoms with Crippen LogP contribution in [0.25, 0.3) is 0 Å². The molecule has 1 aliphatic rings. The van der Waals surface area contributed by atoms with E-state index in [9.17, 15) is 0 Å². The number of nitrogens with zero attached hydrogens (tertiary/aromatic N) is 1. The average Bonchev–Trinajstić information content (AvgIpc) is 2.37. The van der Waals surface area contributed by atoms with Crippen molar-refractivity contribution in [3.05, 3.63) is 59.8 Å². The summed E-state index contributed by atoms with van der Waals surface area (Å²) in [5.41, 5.74) is 4.22. The Morgan fingerprint density at radius 3 is 2.29 bits per heavy atom. The molecule has 0 saturated carbocycles. The van der Waals surface area contributed by atoms with Crippen molar-refractivity contribution < 1.29 is 20.1 Å². The van der Waals surface area contributed by atoms with Gasteiger partial charge in [0.2, 0.25) is 0 Å². The first-order chi connectivity index (χ1) is 9.18. The molecule has 1 radical (unpaired) electrons. The van der Waals surface area contributed by atoms with Gasteiger partial charge in [0.25, 0.3) is 0 Å². The number of rotatable bonds is 1. The summed E-state index contributed by atoms with van der Waals surface area (Å²) >= 11 is 0. The van der Waals surface area contributed by atoms with Crippen LogP contribution in [0.4, 0.5) is 0 Å². The van der Waals surface area contributed by atoms with E-state index < -0.39 is 0 Å². The molecule has 0 fully saturated rings. The number of pyridine rings is 1. The maximum atomic E-state index is 4.58. The molecule has 21 heavy (non-hydrogen) atoms. The van der Waals surface area contributed by atoms with E-state index in [2.05, 4.69) is 83.3 Å². The fourth-order valence-corrected chi connectivity index (χ4v) is 2.36. The van der Waals surface area contributed by atoms with Crippen molar-refractivity contribution in [3.8, 4) is 0 Å². The van der Waals surface area contributed by atoms with E-state index in [0.29, 0.717) is 0 Å². The van der Waals surface area contributed by atoms with Crippen LogP contribution < -0.4 is 0 Å². The van der Waals surface area contributed by atoms with Gasteiger partial charge in [-0.1, -0.05) is 41.5 Å². The summed E-state index contributed by atoms with van der Waals surface area (Å²) in [5.74, 6) is 0.288. The Kier molecular flexibility index (Phi) is 5.63. The molecule has 1 aliphatic carbocycles. The molecule has 1 atom stereocenters. The van der Waals surface area contributed by atoms with Crippen molar-refractivity contribution in [1.29, 1.82) is 0 Å². The van der Waals surface area contributed by atoms with Crippen molar-refractivity contribution in [2.75, 3.05) is 0 Å². The van der Waals surface area contributed by atoms with Gasteiger partial charge in [-0.15, -0.1) is 11.6 Å². The third kappa shape index (κ3) is 4.56. The van der Waals surface area contributed by atoms with Crippen molar-refractivity contribution >= 4 is 0 Å². The minimum absolute atomic E-state index is 0. The van der Waals surface area contributed by atoms with Crippen molar-refractivity contribution in [3.63, 3.8) is 0 Å². The Labute approximate surface area is 143 Å². The third-order valence-electron chi connectivity index (χ3n) is 3.81. The zero-order valence-electron chi connectivity index (χ0n) is 13.9. The van der Waals surface area contributed by atoms with Crippen LogP contribution in [0.15, 0.2) is 42.1 Å². The minimum atomic E-state index is 0. The molecule has 117 valence electrons. The zero-order valence-corrected chi connectivity index (χ0v) is 16.3. The fraction of sp³-hybridized carbons (Fsp3) is 0.474. The molecule has 0 spiro atoms. The van der Waals surface area contributed by atoms with E-state index in [1.165, 1.54) is 11.1 Å². The van der Waals surface area contributed by atoms with E-state index in [1.807, 2.05) is 6.20 Å². The van der Waals surface area contributed by atoms with Gasteiger partial charge in [0.05, 0.1) is 0 Å². The normalized spacial score (nSPS) is 18.6. The Balaban J connectivity index is 0.00000220. The van der Waals surface area contributed by atoms with Gasteiger partial charge in [-0.25, -0.2) is 18.6 Å². The second-order valence-electron chi connectivity index (χ2n) is 7.67. The minimum Gasteiger partial charge on any atom is -0.262 e. The molecule has 0 aromatic carbocycles. The predicted molar refractivity (Wildman–Crippen MR) is 86.7 cm³/mol. The summed E-state index contributed by atoms with van der Waals surface area (Å²) in [6, 6.07) is 4.37. The van der Waals surface area contributed by atoms with Crippen LogP contribution in [0.1, 0.15) is 58.7 Å². The van der Waals surface area contributed by atoms with Gasteiger partial charge in [0.1, 0.15) is 0 Å². The quantitative estimate of drug-likeness (QED) is 0.525. The second-order valence-corrected chi connectivity index (χ2v) is 7.67. The smallest absolute Gasteiger partial charge is 0.0344 e. The molecule has 0 saturated heterocycles.